The van der Waals surface area contributed by atoms with Crippen LogP contribution < -0.4 is 10.6 Å². The van der Waals surface area contributed by atoms with Crippen molar-refractivity contribution in [2.75, 3.05) is 20.6 Å². The molecule has 0 saturated heterocycles. The second-order valence-electron chi connectivity index (χ2n) is 3.51. The zero-order chi connectivity index (χ0) is 12.8. The van der Waals surface area contributed by atoms with Crippen LogP contribution >= 0.6 is 27.3 Å². The second-order valence-corrected chi connectivity index (χ2v) is 6.05. The SMILES string of the molecule is CNC(=O)NC(=O)CN(C)Cc1ccc(Br)s1. The van der Waals surface area contributed by atoms with Crippen molar-refractivity contribution >= 4 is 39.2 Å². The number of carbonyl (C=O) groups is 2. The lowest BCUT2D eigenvalue weighted by atomic mass is 10.4. The molecule has 17 heavy (non-hydrogen) atoms. The monoisotopic (exact) mass is 319 g/mol. The summed E-state index contributed by atoms with van der Waals surface area (Å²) >= 11 is 5.01. The molecule has 0 saturated carbocycles. The molecule has 7 heteroatoms. The number of rotatable bonds is 4. The number of carbonyl (C=O) groups excluding carboxylic acids is 2. The molecule has 3 amide bonds. The van der Waals surface area contributed by atoms with Crippen LogP contribution in [0.4, 0.5) is 4.79 Å². The number of hydrogen-bond donors (Lipinski definition) is 2. The molecule has 0 aliphatic rings. The standard InChI is InChI=1S/C10H14BrN3O2S/c1-12-10(16)13-9(15)6-14(2)5-7-3-4-8(11)17-7/h3-4H,5-6H2,1-2H3,(H2,12,13,15,16). The largest absolute Gasteiger partial charge is 0.341 e. The first-order chi connectivity index (χ1) is 8.01. The molecule has 94 valence electrons. The average Bonchev–Trinajstić information content (AvgIpc) is 2.63. The molecule has 0 fully saturated rings. The lowest BCUT2D eigenvalue weighted by Crippen LogP contribution is -2.42. The Labute approximate surface area is 112 Å². The summed E-state index contributed by atoms with van der Waals surface area (Å²) < 4.78 is 1.07. The minimum Gasteiger partial charge on any atom is -0.341 e. The van der Waals surface area contributed by atoms with Crippen LogP contribution in [-0.4, -0.2) is 37.5 Å². The van der Waals surface area contributed by atoms with E-state index in [2.05, 4.69) is 26.6 Å². The third kappa shape index (κ3) is 5.29. The van der Waals surface area contributed by atoms with E-state index in [1.165, 1.54) is 7.05 Å². The summed E-state index contributed by atoms with van der Waals surface area (Å²) in [7, 11) is 3.30. The van der Waals surface area contributed by atoms with Crippen molar-refractivity contribution in [3.05, 3.63) is 20.8 Å². The molecule has 1 heterocycles. The lowest BCUT2D eigenvalue weighted by molar-refractivity contribution is -0.120. The van der Waals surface area contributed by atoms with Crippen molar-refractivity contribution in [1.29, 1.82) is 0 Å². The van der Waals surface area contributed by atoms with E-state index in [0.717, 1.165) is 8.66 Å². The van der Waals surface area contributed by atoms with Gasteiger partial charge in [0.05, 0.1) is 10.3 Å². The van der Waals surface area contributed by atoms with E-state index in [4.69, 9.17) is 0 Å². The Bertz CT molecular complexity index is 408. The predicted octanol–water partition coefficient (Wildman–Crippen LogP) is 1.40. The smallest absolute Gasteiger partial charge is 0.321 e. The number of imide groups is 1. The molecule has 1 rings (SSSR count). The zero-order valence-electron chi connectivity index (χ0n) is 9.62. The summed E-state index contributed by atoms with van der Waals surface area (Å²) in [4.78, 5) is 25.3. The maximum absolute atomic E-state index is 11.4. The Morgan fingerprint density at radius 2 is 2.18 bits per heavy atom. The molecule has 2 N–H and O–H groups in total. The van der Waals surface area contributed by atoms with Gasteiger partial charge >= 0.3 is 6.03 Å². The minimum absolute atomic E-state index is 0.183. The maximum Gasteiger partial charge on any atom is 0.321 e. The summed E-state index contributed by atoms with van der Waals surface area (Å²) in [6, 6.07) is 3.49. The number of likely N-dealkylation sites (N-methyl/N-ethyl adjacent to an activating group) is 1. The van der Waals surface area contributed by atoms with Crippen LogP contribution in [0.25, 0.3) is 0 Å². The summed E-state index contributed by atoms with van der Waals surface area (Å²) in [6.07, 6.45) is 0. The highest BCUT2D eigenvalue weighted by Gasteiger charge is 2.10. The van der Waals surface area contributed by atoms with Crippen LogP contribution in [0.15, 0.2) is 15.9 Å². The normalized spacial score (nSPS) is 10.4. The topological polar surface area (TPSA) is 61.4 Å². The van der Waals surface area contributed by atoms with E-state index in [-0.39, 0.29) is 12.5 Å². The van der Waals surface area contributed by atoms with Crippen LogP contribution in [0.3, 0.4) is 0 Å². The van der Waals surface area contributed by atoms with Crippen molar-refractivity contribution < 1.29 is 9.59 Å². The van der Waals surface area contributed by atoms with Crippen LogP contribution in [0, 0.1) is 0 Å². The molecular formula is C10H14BrN3O2S. The summed E-state index contributed by atoms with van der Waals surface area (Å²) in [6.45, 7) is 0.861. The van der Waals surface area contributed by atoms with Gasteiger partial charge in [0.15, 0.2) is 0 Å². The van der Waals surface area contributed by atoms with E-state index in [1.54, 1.807) is 11.3 Å². The van der Waals surface area contributed by atoms with Crippen molar-refractivity contribution in [2.24, 2.45) is 0 Å². The Morgan fingerprint density at radius 1 is 1.47 bits per heavy atom. The Morgan fingerprint density at radius 3 is 2.71 bits per heavy atom. The van der Waals surface area contributed by atoms with Gasteiger partial charge in [-0.2, -0.15) is 0 Å². The van der Waals surface area contributed by atoms with Gasteiger partial charge in [0.1, 0.15) is 0 Å². The van der Waals surface area contributed by atoms with Gasteiger partial charge in [-0.15, -0.1) is 11.3 Å². The molecule has 0 unspecified atom stereocenters. The van der Waals surface area contributed by atoms with Crippen molar-refractivity contribution in [2.45, 2.75) is 6.54 Å². The van der Waals surface area contributed by atoms with Crippen LogP contribution in [0.1, 0.15) is 4.88 Å². The lowest BCUT2D eigenvalue weighted by Gasteiger charge is -2.14. The van der Waals surface area contributed by atoms with Gasteiger partial charge in [-0.25, -0.2) is 4.79 Å². The molecule has 1 aromatic rings. The maximum atomic E-state index is 11.4. The number of halogens is 1. The van der Waals surface area contributed by atoms with Crippen molar-refractivity contribution in [1.82, 2.24) is 15.5 Å². The first-order valence-electron chi connectivity index (χ1n) is 4.95. The van der Waals surface area contributed by atoms with E-state index < -0.39 is 6.03 Å². The highest BCUT2D eigenvalue weighted by Crippen LogP contribution is 2.22. The Balaban J connectivity index is 2.36. The highest BCUT2D eigenvalue weighted by molar-refractivity contribution is 9.11. The first kappa shape index (κ1) is 14.1. The molecule has 0 aliphatic carbocycles. The van der Waals surface area contributed by atoms with E-state index in [1.807, 2.05) is 24.1 Å². The van der Waals surface area contributed by atoms with Gasteiger partial charge in [0, 0.05) is 18.5 Å². The van der Waals surface area contributed by atoms with E-state index >= 15 is 0 Å². The number of hydrogen-bond acceptors (Lipinski definition) is 4. The summed E-state index contributed by atoms with van der Waals surface area (Å²) in [5.74, 6) is -0.317. The van der Waals surface area contributed by atoms with Gasteiger partial charge < -0.3 is 5.32 Å². The molecule has 0 spiro atoms. The first-order valence-corrected chi connectivity index (χ1v) is 6.56. The molecular weight excluding hydrogens is 306 g/mol. The number of amides is 3. The van der Waals surface area contributed by atoms with Crippen LogP contribution in [-0.2, 0) is 11.3 Å². The van der Waals surface area contributed by atoms with Gasteiger partial charge in [0.2, 0.25) is 5.91 Å². The number of nitrogens with one attached hydrogen (secondary N) is 2. The second kappa shape index (κ2) is 6.73. The van der Waals surface area contributed by atoms with Crippen LogP contribution in [0.2, 0.25) is 0 Å². The molecule has 0 aliphatic heterocycles. The highest BCUT2D eigenvalue weighted by atomic mass is 79.9. The fourth-order valence-corrected chi connectivity index (χ4v) is 2.80. The third-order valence-electron chi connectivity index (χ3n) is 1.95. The average molecular weight is 320 g/mol. The van der Waals surface area contributed by atoms with Crippen LogP contribution in [0.5, 0.6) is 0 Å². The quantitative estimate of drug-likeness (QED) is 0.881. The zero-order valence-corrected chi connectivity index (χ0v) is 12.0. The van der Waals surface area contributed by atoms with Gasteiger partial charge in [-0.1, -0.05) is 0 Å². The fourth-order valence-electron chi connectivity index (χ4n) is 1.23. The number of urea groups is 1. The molecule has 0 radical (unpaired) electrons. The number of nitrogens with zero attached hydrogens (tertiary/aromatic N) is 1. The Kier molecular flexibility index (Phi) is 5.60. The molecule has 1 aromatic heterocycles. The van der Waals surface area contributed by atoms with Crippen molar-refractivity contribution in [3.8, 4) is 0 Å². The molecule has 0 aromatic carbocycles. The number of thiophene rings is 1. The van der Waals surface area contributed by atoms with Gasteiger partial charge in [-0.3, -0.25) is 15.0 Å². The molecule has 5 nitrogen and oxygen atoms in total. The molecule has 0 atom stereocenters. The van der Waals surface area contributed by atoms with Crippen molar-refractivity contribution in [3.63, 3.8) is 0 Å². The predicted molar refractivity (Wildman–Crippen MR) is 71.0 cm³/mol. The summed E-state index contributed by atoms with van der Waals surface area (Å²) in [5, 5.41) is 4.54. The minimum atomic E-state index is -0.484. The van der Waals surface area contributed by atoms with E-state index in [9.17, 15) is 9.59 Å². The fraction of sp³-hybridized carbons (Fsp3) is 0.400. The van der Waals surface area contributed by atoms with E-state index in [0.29, 0.717) is 6.54 Å². The molecule has 0 bridgehead atoms. The van der Waals surface area contributed by atoms with Gasteiger partial charge in [0.25, 0.3) is 0 Å². The third-order valence-corrected chi connectivity index (χ3v) is 3.56. The summed E-state index contributed by atoms with van der Waals surface area (Å²) in [5.41, 5.74) is 0. The van der Waals surface area contributed by atoms with Gasteiger partial charge in [-0.05, 0) is 35.1 Å². The Hall–Kier alpha value is -0.920.